The summed E-state index contributed by atoms with van der Waals surface area (Å²) in [6.07, 6.45) is 7.08. The van der Waals surface area contributed by atoms with Crippen LogP contribution in [0, 0.1) is 18.3 Å². The van der Waals surface area contributed by atoms with Crippen molar-refractivity contribution in [3.8, 4) is 12.3 Å². The Morgan fingerprint density at radius 1 is 1.50 bits per heavy atom. The molecule has 0 aromatic carbocycles. The number of aliphatic carboxylic acids is 1. The molecular weight excluding hydrogens is 232 g/mol. The van der Waals surface area contributed by atoms with Gasteiger partial charge in [-0.25, -0.2) is 9.59 Å². The molecule has 0 bridgehead atoms. The van der Waals surface area contributed by atoms with Crippen LogP contribution in [0.2, 0.25) is 0 Å². The lowest BCUT2D eigenvalue weighted by atomic mass is 10.2. The first-order valence-corrected chi connectivity index (χ1v) is 6.19. The largest absolute Gasteiger partial charge is 0.480 e. The van der Waals surface area contributed by atoms with E-state index in [4.69, 9.17) is 11.5 Å². The highest BCUT2D eigenvalue weighted by Crippen LogP contribution is 2.27. The molecule has 5 heteroatoms. The van der Waals surface area contributed by atoms with Gasteiger partial charge in [0.15, 0.2) is 0 Å². The molecule has 18 heavy (non-hydrogen) atoms. The van der Waals surface area contributed by atoms with E-state index in [9.17, 15) is 9.59 Å². The van der Waals surface area contributed by atoms with Crippen LogP contribution in [-0.4, -0.2) is 40.6 Å². The Kier molecular flexibility index (Phi) is 5.02. The molecule has 1 aliphatic rings. The number of carboxylic acid groups (broad SMARTS) is 1. The van der Waals surface area contributed by atoms with Crippen LogP contribution in [0.4, 0.5) is 4.79 Å². The standard InChI is InChI=1S/C13H20N2O3/c1-4-5-11(12(16)17)14-13(18)15(8-9(2)3)10-6-7-10/h1,9-11H,5-8H2,2-3H3,(H,14,18)(H,16,17). The minimum Gasteiger partial charge on any atom is -0.480 e. The van der Waals surface area contributed by atoms with Crippen molar-refractivity contribution in [3.63, 3.8) is 0 Å². The van der Waals surface area contributed by atoms with Gasteiger partial charge in [-0.05, 0) is 18.8 Å². The summed E-state index contributed by atoms with van der Waals surface area (Å²) in [6, 6.07) is -1.07. The Morgan fingerprint density at radius 2 is 2.11 bits per heavy atom. The van der Waals surface area contributed by atoms with Crippen molar-refractivity contribution in [2.45, 2.75) is 45.2 Å². The third kappa shape index (κ3) is 4.28. The van der Waals surface area contributed by atoms with Gasteiger partial charge in [0.1, 0.15) is 6.04 Å². The second kappa shape index (κ2) is 6.29. The van der Waals surface area contributed by atoms with Gasteiger partial charge in [0.2, 0.25) is 0 Å². The van der Waals surface area contributed by atoms with Crippen molar-refractivity contribution >= 4 is 12.0 Å². The van der Waals surface area contributed by atoms with E-state index in [1.165, 1.54) is 0 Å². The summed E-state index contributed by atoms with van der Waals surface area (Å²) in [7, 11) is 0. The smallest absolute Gasteiger partial charge is 0.327 e. The average Bonchev–Trinajstić information content (AvgIpc) is 3.08. The monoisotopic (exact) mass is 252 g/mol. The number of nitrogens with zero attached hydrogens (tertiary/aromatic N) is 1. The first-order valence-electron chi connectivity index (χ1n) is 6.19. The number of terminal acetylenes is 1. The quantitative estimate of drug-likeness (QED) is 0.700. The molecule has 0 heterocycles. The zero-order valence-electron chi connectivity index (χ0n) is 10.8. The molecule has 1 rings (SSSR count). The molecule has 1 unspecified atom stereocenters. The van der Waals surface area contributed by atoms with Crippen LogP contribution in [0.3, 0.4) is 0 Å². The molecule has 0 aliphatic heterocycles. The van der Waals surface area contributed by atoms with Gasteiger partial charge >= 0.3 is 12.0 Å². The van der Waals surface area contributed by atoms with Gasteiger partial charge in [0, 0.05) is 19.0 Å². The van der Waals surface area contributed by atoms with E-state index < -0.39 is 12.0 Å². The van der Waals surface area contributed by atoms with Crippen molar-refractivity contribution < 1.29 is 14.7 Å². The first-order chi connectivity index (χ1) is 8.45. The van der Waals surface area contributed by atoms with E-state index in [-0.39, 0.29) is 18.5 Å². The highest BCUT2D eigenvalue weighted by molar-refractivity contribution is 5.83. The molecule has 2 N–H and O–H groups in total. The summed E-state index contributed by atoms with van der Waals surface area (Å²) in [6.45, 7) is 4.69. The van der Waals surface area contributed by atoms with E-state index >= 15 is 0 Å². The number of nitrogens with one attached hydrogen (secondary N) is 1. The summed E-state index contributed by atoms with van der Waals surface area (Å²) in [5, 5.41) is 11.4. The summed E-state index contributed by atoms with van der Waals surface area (Å²) in [5.41, 5.74) is 0. The Bertz CT molecular complexity index is 356. The van der Waals surface area contributed by atoms with E-state index in [2.05, 4.69) is 11.2 Å². The summed E-state index contributed by atoms with van der Waals surface area (Å²) in [5.74, 6) is 1.52. The minimum atomic E-state index is -1.10. The van der Waals surface area contributed by atoms with Crippen LogP contribution in [-0.2, 0) is 4.79 Å². The zero-order valence-corrected chi connectivity index (χ0v) is 10.8. The lowest BCUT2D eigenvalue weighted by Gasteiger charge is -2.26. The predicted octanol–water partition coefficient (Wildman–Crippen LogP) is 1.29. The maximum Gasteiger partial charge on any atom is 0.327 e. The average molecular weight is 252 g/mol. The second-order valence-corrected chi connectivity index (χ2v) is 5.03. The fourth-order valence-electron chi connectivity index (χ4n) is 1.73. The Hall–Kier alpha value is -1.70. The molecule has 0 aromatic heterocycles. The van der Waals surface area contributed by atoms with Gasteiger partial charge in [-0.15, -0.1) is 12.3 Å². The van der Waals surface area contributed by atoms with Crippen LogP contribution < -0.4 is 5.32 Å². The molecule has 1 saturated carbocycles. The third-order valence-corrected chi connectivity index (χ3v) is 2.73. The summed E-state index contributed by atoms with van der Waals surface area (Å²) >= 11 is 0. The number of carbonyl (C=O) groups is 2. The molecule has 2 amide bonds. The third-order valence-electron chi connectivity index (χ3n) is 2.73. The van der Waals surface area contributed by atoms with E-state index in [1.807, 2.05) is 13.8 Å². The maximum absolute atomic E-state index is 12.0. The molecule has 0 aromatic rings. The molecule has 0 radical (unpaired) electrons. The Labute approximate surface area is 108 Å². The number of rotatable bonds is 6. The summed E-state index contributed by atoms with van der Waals surface area (Å²) < 4.78 is 0. The molecule has 5 nitrogen and oxygen atoms in total. The number of hydrogen-bond acceptors (Lipinski definition) is 2. The normalized spacial score (nSPS) is 15.9. The molecule has 0 spiro atoms. The Morgan fingerprint density at radius 3 is 2.50 bits per heavy atom. The van der Waals surface area contributed by atoms with Crippen LogP contribution >= 0.6 is 0 Å². The Balaban J connectivity index is 2.59. The van der Waals surface area contributed by atoms with Crippen molar-refractivity contribution in [2.75, 3.05) is 6.54 Å². The van der Waals surface area contributed by atoms with Crippen molar-refractivity contribution in [1.82, 2.24) is 10.2 Å². The zero-order chi connectivity index (χ0) is 13.7. The van der Waals surface area contributed by atoms with Gasteiger partial charge in [-0.2, -0.15) is 0 Å². The maximum atomic E-state index is 12.0. The van der Waals surface area contributed by atoms with Gasteiger partial charge in [0.05, 0.1) is 0 Å². The fraction of sp³-hybridized carbons (Fsp3) is 0.692. The van der Waals surface area contributed by atoms with Crippen LogP contribution in [0.1, 0.15) is 33.1 Å². The van der Waals surface area contributed by atoms with Crippen LogP contribution in [0.25, 0.3) is 0 Å². The topological polar surface area (TPSA) is 69.6 Å². The lowest BCUT2D eigenvalue weighted by molar-refractivity contribution is -0.139. The second-order valence-electron chi connectivity index (χ2n) is 5.03. The summed E-state index contributed by atoms with van der Waals surface area (Å²) in [4.78, 5) is 24.7. The highest BCUT2D eigenvalue weighted by Gasteiger charge is 2.34. The molecule has 0 saturated heterocycles. The van der Waals surface area contributed by atoms with Gasteiger partial charge in [-0.1, -0.05) is 13.8 Å². The van der Waals surface area contributed by atoms with E-state index in [1.54, 1.807) is 4.90 Å². The molecular formula is C13H20N2O3. The number of carbonyl (C=O) groups excluding carboxylic acids is 1. The van der Waals surface area contributed by atoms with Crippen molar-refractivity contribution in [1.29, 1.82) is 0 Å². The van der Waals surface area contributed by atoms with Crippen LogP contribution in [0.15, 0.2) is 0 Å². The number of urea groups is 1. The van der Waals surface area contributed by atoms with E-state index in [0.29, 0.717) is 12.5 Å². The van der Waals surface area contributed by atoms with Gasteiger partial charge in [0.25, 0.3) is 0 Å². The fourth-order valence-corrected chi connectivity index (χ4v) is 1.73. The number of amides is 2. The van der Waals surface area contributed by atoms with Gasteiger partial charge < -0.3 is 15.3 Å². The lowest BCUT2D eigenvalue weighted by Crippen LogP contribution is -2.49. The van der Waals surface area contributed by atoms with Crippen LogP contribution in [0.5, 0.6) is 0 Å². The molecule has 1 atom stereocenters. The number of carboxylic acids is 1. The molecule has 100 valence electrons. The van der Waals surface area contributed by atoms with Gasteiger partial charge in [-0.3, -0.25) is 0 Å². The van der Waals surface area contributed by atoms with Crippen molar-refractivity contribution in [3.05, 3.63) is 0 Å². The SMILES string of the molecule is C#CCC(NC(=O)N(CC(C)C)C1CC1)C(=O)O. The molecule has 1 aliphatic carbocycles. The number of hydrogen-bond donors (Lipinski definition) is 2. The predicted molar refractivity (Wildman–Crippen MR) is 68.0 cm³/mol. The van der Waals surface area contributed by atoms with E-state index in [0.717, 1.165) is 12.8 Å². The minimum absolute atomic E-state index is 0.00125. The highest BCUT2D eigenvalue weighted by atomic mass is 16.4. The first kappa shape index (κ1) is 14.4. The molecule has 1 fully saturated rings. The van der Waals surface area contributed by atoms with Crippen molar-refractivity contribution in [2.24, 2.45) is 5.92 Å².